The van der Waals surface area contributed by atoms with Crippen molar-refractivity contribution in [3.63, 3.8) is 0 Å². The first-order chi connectivity index (χ1) is 8.63. The van der Waals surface area contributed by atoms with Gasteiger partial charge >= 0.3 is 0 Å². The number of fused-ring (bicyclic) bond motifs is 1. The van der Waals surface area contributed by atoms with Gasteiger partial charge in [-0.25, -0.2) is 0 Å². The lowest BCUT2D eigenvalue weighted by molar-refractivity contribution is 0.765. The smallest absolute Gasteiger partial charge is 0.115 e. The van der Waals surface area contributed by atoms with E-state index in [4.69, 9.17) is 5.73 Å². The largest absolute Gasteiger partial charge is 0.398 e. The molecule has 0 bridgehead atoms. The average molecular weight is 350 g/mol. The molecular formula is C13H11IN4. The number of aryl methyl sites for hydroxylation is 1. The SMILES string of the molecule is Cc1cc2nn(-c3cccc(I)c3)nc2cc1N. The van der Waals surface area contributed by atoms with Gasteiger partial charge in [0, 0.05) is 9.26 Å². The van der Waals surface area contributed by atoms with Crippen LogP contribution in [-0.2, 0) is 0 Å². The van der Waals surface area contributed by atoms with E-state index in [0.717, 1.165) is 31.5 Å². The number of benzene rings is 2. The Kier molecular flexibility index (Phi) is 2.70. The summed E-state index contributed by atoms with van der Waals surface area (Å²) >= 11 is 2.27. The zero-order valence-electron chi connectivity index (χ0n) is 9.76. The molecule has 90 valence electrons. The predicted octanol–water partition coefficient (Wildman–Crippen LogP) is 2.92. The molecule has 2 N–H and O–H groups in total. The summed E-state index contributed by atoms with van der Waals surface area (Å²) in [5, 5.41) is 8.92. The van der Waals surface area contributed by atoms with Crippen molar-refractivity contribution in [3.05, 3.63) is 45.5 Å². The highest BCUT2D eigenvalue weighted by Gasteiger charge is 2.06. The van der Waals surface area contributed by atoms with Crippen molar-refractivity contribution in [3.8, 4) is 5.69 Å². The number of halogens is 1. The molecule has 0 unspecified atom stereocenters. The second-order valence-electron chi connectivity index (χ2n) is 4.17. The molecule has 1 aromatic heterocycles. The van der Waals surface area contributed by atoms with Crippen molar-refractivity contribution >= 4 is 39.3 Å². The lowest BCUT2D eigenvalue weighted by Crippen LogP contribution is -1.98. The molecule has 0 fully saturated rings. The van der Waals surface area contributed by atoms with Gasteiger partial charge in [-0.3, -0.25) is 0 Å². The molecule has 3 aromatic rings. The number of nitrogen functional groups attached to an aromatic ring is 1. The summed E-state index contributed by atoms with van der Waals surface area (Å²) in [5.74, 6) is 0. The van der Waals surface area contributed by atoms with Crippen LogP contribution in [0.25, 0.3) is 16.7 Å². The van der Waals surface area contributed by atoms with Gasteiger partial charge in [0.2, 0.25) is 0 Å². The number of nitrogens with zero attached hydrogens (tertiary/aromatic N) is 3. The van der Waals surface area contributed by atoms with Crippen molar-refractivity contribution < 1.29 is 0 Å². The maximum absolute atomic E-state index is 5.88. The molecule has 0 aliphatic carbocycles. The van der Waals surface area contributed by atoms with E-state index in [1.54, 1.807) is 4.80 Å². The van der Waals surface area contributed by atoms with E-state index in [2.05, 4.69) is 32.8 Å². The monoisotopic (exact) mass is 350 g/mol. The van der Waals surface area contributed by atoms with E-state index in [0.29, 0.717) is 0 Å². The van der Waals surface area contributed by atoms with E-state index < -0.39 is 0 Å². The minimum atomic E-state index is 0.747. The summed E-state index contributed by atoms with van der Waals surface area (Å²) in [5.41, 5.74) is 10.3. The lowest BCUT2D eigenvalue weighted by atomic mass is 10.2. The van der Waals surface area contributed by atoms with Crippen LogP contribution >= 0.6 is 22.6 Å². The minimum Gasteiger partial charge on any atom is -0.398 e. The van der Waals surface area contributed by atoms with Crippen molar-refractivity contribution in [2.45, 2.75) is 6.92 Å². The second kappa shape index (κ2) is 4.24. The number of hydrogen-bond acceptors (Lipinski definition) is 3. The van der Waals surface area contributed by atoms with Crippen LogP contribution in [0.3, 0.4) is 0 Å². The first kappa shape index (κ1) is 11.5. The Morgan fingerprint density at radius 2 is 1.83 bits per heavy atom. The molecule has 5 heteroatoms. The van der Waals surface area contributed by atoms with Crippen molar-refractivity contribution in [1.29, 1.82) is 0 Å². The Balaban J connectivity index is 2.19. The Labute approximate surface area is 118 Å². The summed E-state index contributed by atoms with van der Waals surface area (Å²) < 4.78 is 1.15. The van der Waals surface area contributed by atoms with Gasteiger partial charge in [0.25, 0.3) is 0 Å². The Bertz CT molecular complexity index is 694. The standard InChI is InChI=1S/C13H11IN4/c1-8-5-12-13(7-11(8)15)17-18(16-12)10-4-2-3-9(14)6-10/h2-7H,15H2,1H3. The molecule has 1 heterocycles. The fourth-order valence-electron chi connectivity index (χ4n) is 1.80. The number of aromatic nitrogens is 3. The van der Waals surface area contributed by atoms with Gasteiger partial charge in [-0.2, -0.15) is 4.80 Å². The molecule has 0 aliphatic rings. The van der Waals surface area contributed by atoms with Crippen LogP contribution in [0.5, 0.6) is 0 Å². The highest BCUT2D eigenvalue weighted by Crippen LogP contribution is 2.19. The highest BCUT2D eigenvalue weighted by molar-refractivity contribution is 14.1. The molecule has 0 radical (unpaired) electrons. The molecule has 0 atom stereocenters. The van der Waals surface area contributed by atoms with Gasteiger partial charge < -0.3 is 5.73 Å². The van der Waals surface area contributed by atoms with Crippen molar-refractivity contribution in [2.75, 3.05) is 5.73 Å². The molecule has 0 saturated heterocycles. The molecule has 0 spiro atoms. The average Bonchev–Trinajstić information content (AvgIpc) is 2.73. The van der Waals surface area contributed by atoms with E-state index in [1.807, 2.05) is 43.3 Å². The predicted molar refractivity (Wildman–Crippen MR) is 80.7 cm³/mol. The molecule has 0 aliphatic heterocycles. The molecule has 4 nitrogen and oxygen atoms in total. The zero-order chi connectivity index (χ0) is 12.7. The van der Waals surface area contributed by atoms with Crippen LogP contribution in [0.1, 0.15) is 5.56 Å². The van der Waals surface area contributed by atoms with Crippen LogP contribution in [-0.4, -0.2) is 15.0 Å². The van der Waals surface area contributed by atoms with Crippen molar-refractivity contribution in [2.24, 2.45) is 0 Å². The van der Waals surface area contributed by atoms with Gasteiger partial charge in [0.05, 0.1) is 5.69 Å². The van der Waals surface area contributed by atoms with Gasteiger partial charge in [0.15, 0.2) is 0 Å². The maximum Gasteiger partial charge on any atom is 0.115 e. The first-order valence-corrected chi connectivity index (χ1v) is 6.60. The first-order valence-electron chi connectivity index (χ1n) is 5.52. The van der Waals surface area contributed by atoms with E-state index >= 15 is 0 Å². The van der Waals surface area contributed by atoms with Crippen LogP contribution in [0.4, 0.5) is 5.69 Å². The summed E-state index contributed by atoms with van der Waals surface area (Å²) in [7, 11) is 0. The van der Waals surface area contributed by atoms with Gasteiger partial charge in [-0.15, -0.1) is 10.2 Å². The van der Waals surface area contributed by atoms with Crippen LogP contribution in [0.2, 0.25) is 0 Å². The third-order valence-corrected chi connectivity index (χ3v) is 3.48. The molecule has 0 saturated carbocycles. The fourth-order valence-corrected chi connectivity index (χ4v) is 2.33. The maximum atomic E-state index is 5.88. The Morgan fingerprint density at radius 1 is 1.11 bits per heavy atom. The number of nitrogens with two attached hydrogens (primary N) is 1. The summed E-state index contributed by atoms with van der Waals surface area (Å²) in [6, 6.07) is 11.9. The summed E-state index contributed by atoms with van der Waals surface area (Å²) in [6.45, 7) is 1.97. The molecular weight excluding hydrogens is 339 g/mol. The quantitative estimate of drug-likeness (QED) is 0.542. The number of rotatable bonds is 1. The molecule has 0 amide bonds. The van der Waals surface area contributed by atoms with Crippen LogP contribution in [0, 0.1) is 10.5 Å². The topological polar surface area (TPSA) is 56.7 Å². The molecule has 2 aromatic carbocycles. The third kappa shape index (κ3) is 1.94. The number of anilines is 1. The highest BCUT2D eigenvalue weighted by atomic mass is 127. The normalized spacial score (nSPS) is 11.0. The van der Waals surface area contributed by atoms with Gasteiger partial charge in [0.1, 0.15) is 11.0 Å². The van der Waals surface area contributed by atoms with E-state index in [-0.39, 0.29) is 0 Å². The second-order valence-corrected chi connectivity index (χ2v) is 5.41. The minimum absolute atomic E-state index is 0.747. The third-order valence-electron chi connectivity index (χ3n) is 2.81. The summed E-state index contributed by atoms with van der Waals surface area (Å²) in [4.78, 5) is 1.64. The van der Waals surface area contributed by atoms with Crippen molar-refractivity contribution in [1.82, 2.24) is 15.0 Å². The molecule has 3 rings (SSSR count). The van der Waals surface area contributed by atoms with Crippen LogP contribution < -0.4 is 5.73 Å². The van der Waals surface area contributed by atoms with Crippen LogP contribution in [0.15, 0.2) is 36.4 Å². The Morgan fingerprint density at radius 3 is 2.56 bits per heavy atom. The fraction of sp³-hybridized carbons (Fsp3) is 0.0769. The lowest BCUT2D eigenvalue weighted by Gasteiger charge is -1.98. The Hall–Kier alpha value is -1.63. The van der Waals surface area contributed by atoms with Gasteiger partial charge in [-0.1, -0.05) is 6.07 Å². The van der Waals surface area contributed by atoms with E-state index in [1.165, 1.54) is 0 Å². The molecule has 18 heavy (non-hydrogen) atoms. The zero-order valence-corrected chi connectivity index (χ0v) is 11.9. The van der Waals surface area contributed by atoms with E-state index in [9.17, 15) is 0 Å². The number of hydrogen-bond donors (Lipinski definition) is 1. The summed E-state index contributed by atoms with van der Waals surface area (Å²) in [6.07, 6.45) is 0. The van der Waals surface area contributed by atoms with Gasteiger partial charge in [-0.05, 0) is 65.4 Å².